The topological polar surface area (TPSA) is 345 Å². The van der Waals surface area contributed by atoms with Crippen LogP contribution in [0.4, 0.5) is 23.3 Å². The van der Waals surface area contributed by atoms with E-state index in [0.29, 0.717) is 80.1 Å². The predicted octanol–water partition coefficient (Wildman–Crippen LogP) is 15.9. The molecule has 4 aromatic carbocycles. The smallest absolute Gasteiger partial charge is 0.306 e. The lowest BCUT2D eigenvalue weighted by molar-refractivity contribution is -0.141. The normalized spacial score (nSPS) is 13.8. The number of aryl methyl sites for hydroxylation is 1. The third-order valence-corrected chi connectivity index (χ3v) is 24.7. The number of ether oxygens (including phenoxy) is 1. The summed E-state index contributed by atoms with van der Waals surface area (Å²) in [6.07, 6.45) is 27.1. The lowest BCUT2D eigenvalue weighted by Crippen LogP contribution is -2.24. The van der Waals surface area contributed by atoms with Gasteiger partial charge < -0.3 is 26.0 Å². The Labute approximate surface area is 734 Å². The van der Waals surface area contributed by atoms with E-state index in [2.05, 4.69) is 107 Å². The van der Waals surface area contributed by atoms with Crippen molar-refractivity contribution < 1.29 is 31.2 Å². The van der Waals surface area contributed by atoms with Crippen molar-refractivity contribution in [1.29, 1.82) is 0 Å². The van der Waals surface area contributed by atoms with Crippen molar-refractivity contribution in [3.05, 3.63) is 332 Å². The second-order valence-corrected chi connectivity index (χ2v) is 36.8. The Bertz CT molecular complexity index is 6990. The Morgan fingerprint density at radius 1 is 0.386 bits per heavy atom. The van der Waals surface area contributed by atoms with E-state index in [1.54, 1.807) is 44.1 Å². The van der Waals surface area contributed by atoms with Crippen molar-refractivity contribution in [3.63, 3.8) is 0 Å². The third-order valence-electron chi connectivity index (χ3n) is 22.7. The summed E-state index contributed by atoms with van der Waals surface area (Å²) in [5.41, 5.74) is 16.2. The minimum Gasteiger partial charge on any atom is -0.469 e. The molecule has 0 amide bonds. The van der Waals surface area contributed by atoms with Crippen LogP contribution in [0.1, 0.15) is 104 Å². The van der Waals surface area contributed by atoms with Crippen LogP contribution in [0.3, 0.4) is 0 Å². The van der Waals surface area contributed by atoms with Crippen molar-refractivity contribution >= 4 is 76.8 Å². The summed E-state index contributed by atoms with van der Waals surface area (Å²) in [6, 6.07) is 74.0. The molecule has 13 heterocycles. The van der Waals surface area contributed by atoms with E-state index in [-0.39, 0.29) is 34.1 Å². The molecule has 127 heavy (non-hydrogen) atoms. The second-order valence-electron chi connectivity index (χ2n) is 32.4. The zero-order valence-electron chi connectivity index (χ0n) is 70.5. The number of rotatable bonds is 29. The van der Waals surface area contributed by atoms with Crippen LogP contribution in [-0.2, 0) is 82.8 Å². The first-order valence-corrected chi connectivity index (χ1v) is 46.1. The van der Waals surface area contributed by atoms with Gasteiger partial charge in [-0.05, 0) is 159 Å². The molecule has 28 nitrogen and oxygen atoms in total. The average Bonchev–Trinajstić information content (AvgIpc) is 1.59. The molecule has 3 aliphatic rings. The van der Waals surface area contributed by atoms with Gasteiger partial charge in [-0.25, -0.2) is 54.8 Å². The largest absolute Gasteiger partial charge is 0.469 e. The van der Waals surface area contributed by atoms with Crippen molar-refractivity contribution in [3.8, 4) is 55.9 Å². The van der Waals surface area contributed by atoms with E-state index >= 15 is 0 Å². The summed E-state index contributed by atoms with van der Waals surface area (Å²) in [4.78, 5) is 65.3. The highest BCUT2D eigenvalue weighted by Gasteiger charge is 2.52. The number of fused-ring (bicyclic) bond motifs is 4. The van der Waals surface area contributed by atoms with E-state index in [1.165, 1.54) is 19.6 Å². The number of ketones is 1. The lowest BCUT2D eigenvalue weighted by Gasteiger charge is -2.16. The van der Waals surface area contributed by atoms with Crippen molar-refractivity contribution in [2.75, 3.05) is 52.4 Å². The molecular weight excluding hydrogens is 1640 g/mol. The molecule has 0 saturated heterocycles. The van der Waals surface area contributed by atoms with Gasteiger partial charge in [0.2, 0.25) is 0 Å². The van der Waals surface area contributed by atoms with Crippen LogP contribution in [-0.4, -0.2) is 143 Å². The molecule has 20 rings (SSSR count). The fourth-order valence-corrected chi connectivity index (χ4v) is 17.7. The van der Waals surface area contributed by atoms with Gasteiger partial charge in [0.05, 0.1) is 74.0 Å². The van der Waals surface area contributed by atoms with Gasteiger partial charge in [-0.2, -0.15) is 15.3 Å². The number of carbonyl (C=O) groups is 2. The number of anilines is 4. The Morgan fingerprint density at radius 2 is 0.717 bits per heavy atom. The van der Waals surface area contributed by atoms with E-state index in [1.807, 2.05) is 207 Å². The molecule has 3 aliphatic carbocycles. The Hall–Kier alpha value is -14.7. The Morgan fingerprint density at radius 3 is 1.03 bits per heavy atom. The monoisotopic (exact) mass is 1730 g/mol. The van der Waals surface area contributed by atoms with Crippen molar-refractivity contribution in [2.45, 2.75) is 107 Å². The summed E-state index contributed by atoms with van der Waals surface area (Å²) in [5.74, 6) is 5.40. The highest BCUT2D eigenvalue weighted by molar-refractivity contribution is 7.91. The molecule has 17 aromatic rings. The number of hydrogen-bond donors (Lipinski definition) is 4. The SMILES string of the molecule is CC(=O)CC1(c2nc(NCc3ccccn3)c3c(-c4ccccc4)ccn3n2)CC1.COC(=O)CC1(c2nc(NCc3ccccn3)c3c(-c4ccccc4)ccn3n2)CC1.CS(=O)(=O)CC1(c2nc(NCc3ccccn3)c3c(-c4ccccc4)ccn3n2)CC1.CS(=O)(=O)CCc1cncc(-c2nc(NCc3ccccn3)c3c(-c4ccccc4)ccn3n2)c1. The molecule has 0 atom stereocenters. The molecule has 4 N–H and O–H groups in total. The van der Waals surface area contributed by atoms with Crippen molar-refractivity contribution in [2.24, 2.45) is 0 Å². The van der Waals surface area contributed by atoms with Gasteiger partial charge in [0.25, 0.3) is 0 Å². The van der Waals surface area contributed by atoms with Gasteiger partial charge in [-0.3, -0.25) is 34.5 Å². The van der Waals surface area contributed by atoms with E-state index in [4.69, 9.17) is 45.1 Å². The first kappa shape index (κ1) is 84.6. The van der Waals surface area contributed by atoms with Crippen LogP contribution in [0.2, 0.25) is 0 Å². The standard InChI is InChI=1S/C26H24N6O2S.C24H23N5O2.C24H23N5O.C23H23N5O2S/c1-35(33,34)14-11-19-15-21(17-27-16-19)25-30-26(29-18-22-9-5-6-12-28-22)24-23(10-13-32(24)31-25)20-7-3-2-4-8-20;1-31-20(30)15-24(11-12-24)23-27-22(26-16-18-9-5-6-13-25-18)21-19(10-14-29(21)28-23)17-7-3-2-4-8-17;1-17(30)15-24(11-12-24)23-27-22(26-16-19-9-5-6-13-25-19)21-20(10-14-29(21)28-23)18-7-3-2-4-8-18;1-31(29,30)16-23(11-12-23)22-26-21(25-15-18-9-5-6-13-24-18)20-19(10-14-28(20)27-22)17-7-3-2-4-8-17/h2-10,12-13,15-17H,11,14,18H2,1H3,(H,29,30,31);2-10,13-14H,11-12,15-16H2,1H3,(H,26,27,28);2-10,13-14H,11-12,15-16H2,1H3,(H,26,27,28);2-10,13-14H,11-12,15-16H2,1H3,(H,25,26,27). The first-order chi connectivity index (χ1) is 61.7. The zero-order chi connectivity index (χ0) is 87.5. The Balaban J connectivity index is 0.000000119. The first-order valence-electron chi connectivity index (χ1n) is 41.9. The molecule has 3 fully saturated rings. The highest BCUT2D eigenvalue weighted by Crippen LogP contribution is 2.52. The van der Waals surface area contributed by atoms with Crippen LogP contribution < -0.4 is 21.3 Å². The fourth-order valence-electron chi connectivity index (χ4n) is 15.7. The number of aromatic nitrogens is 17. The molecular formula is C97H93N21O7S2. The van der Waals surface area contributed by atoms with Gasteiger partial charge in [-0.1, -0.05) is 146 Å². The number of methoxy groups -OCH3 is 1. The summed E-state index contributed by atoms with van der Waals surface area (Å²) >= 11 is 0. The number of hydrogen-bond acceptors (Lipinski definition) is 24. The maximum Gasteiger partial charge on any atom is 0.306 e. The van der Waals surface area contributed by atoms with Gasteiger partial charge in [0, 0.05) is 125 Å². The van der Waals surface area contributed by atoms with Gasteiger partial charge in [-0.15, -0.1) is 5.10 Å². The molecule has 0 aliphatic heterocycles. The number of pyridine rings is 5. The zero-order valence-corrected chi connectivity index (χ0v) is 72.2. The summed E-state index contributed by atoms with van der Waals surface area (Å²) < 4.78 is 59.5. The van der Waals surface area contributed by atoms with Crippen LogP contribution in [0, 0.1) is 0 Å². The molecule has 640 valence electrons. The number of sulfone groups is 2. The van der Waals surface area contributed by atoms with Crippen molar-refractivity contribution in [1.82, 2.24) is 83.3 Å². The quantitative estimate of drug-likeness (QED) is 0.0316. The number of nitrogens with zero attached hydrogens (tertiary/aromatic N) is 17. The maximum atomic E-state index is 12.0. The summed E-state index contributed by atoms with van der Waals surface area (Å²) in [6.45, 7) is 3.74. The van der Waals surface area contributed by atoms with E-state index < -0.39 is 25.1 Å². The van der Waals surface area contributed by atoms with E-state index in [0.717, 1.165) is 151 Å². The predicted molar refractivity (Wildman–Crippen MR) is 491 cm³/mol. The molecule has 3 saturated carbocycles. The minimum atomic E-state index is -3.15. The fraction of sp³-hybridized carbons (Fsp3) is 0.227. The van der Waals surface area contributed by atoms with Crippen LogP contribution in [0.5, 0.6) is 0 Å². The minimum absolute atomic E-state index is 0.0624. The number of Topliss-reactive ketones (excluding diaryl/α,β-unsaturated/α-hetero) is 1. The van der Waals surface area contributed by atoms with Gasteiger partial charge >= 0.3 is 5.97 Å². The van der Waals surface area contributed by atoms with Crippen LogP contribution >= 0.6 is 0 Å². The van der Waals surface area contributed by atoms with Crippen LogP contribution in [0.15, 0.2) is 286 Å². The molecule has 0 spiro atoms. The second kappa shape index (κ2) is 37.0. The lowest BCUT2D eigenvalue weighted by atomic mass is 9.99. The number of benzene rings is 4. The molecule has 13 aromatic heterocycles. The number of carbonyl (C=O) groups excluding carboxylic acids is 2. The number of esters is 1. The number of nitrogens with one attached hydrogen (secondary N) is 4. The van der Waals surface area contributed by atoms with E-state index in [9.17, 15) is 26.4 Å². The van der Waals surface area contributed by atoms with Crippen LogP contribution in [0.25, 0.3) is 78.0 Å². The average molecular weight is 1730 g/mol. The molecule has 0 unspecified atom stereocenters. The maximum absolute atomic E-state index is 12.0. The highest BCUT2D eigenvalue weighted by atomic mass is 32.2. The molecule has 30 heteroatoms. The van der Waals surface area contributed by atoms with Gasteiger partial charge in [0.1, 0.15) is 47.5 Å². The molecule has 0 radical (unpaired) electrons. The third kappa shape index (κ3) is 20.3. The summed E-state index contributed by atoms with van der Waals surface area (Å²) in [7, 11) is -4.80. The summed E-state index contributed by atoms with van der Waals surface area (Å²) in [5, 5.41) is 32.9. The Kier molecular flexibility index (Phi) is 24.7. The van der Waals surface area contributed by atoms with Gasteiger partial charge in [0.15, 0.2) is 46.6 Å². The molecule has 0 bridgehead atoms.